The molecule has 0 radical (unpaired) electrons. The summed E-state index contributed by atoms with van der Waals surface area (Å²) >= 11 is 1.55. The van der Waals surface area contributed by atoms with E-state index in [1.807, 2.05) is 37.3 Å². The van der Waals surface area contributed by atoms with Gasteiger partial charge >= 0.3 is 5.97 Å². The van der Waals surface area contributed by atoms with E-state index in [2.05, 4.69) is 0 Å². The molecule has 4 nitrogen and oxygen atoms in total. The van der Waals surface area contributed by atoms with Crippen LogP contribution in [0, 0.1) is 5.41 Å². The van der Waals surface area contributed by atoms with E-state index in [4.69, 9.17) is 0 Å². The van der Waals surface area contributed by atoms with E-state index < -0.39 is 11.4 Å². The highest BCUT2D eigenvalue weighted by Crippen LogP contribution is 2.33. The van der Waals surface area contributed by atoms with Crippen LogP contribution in [-0.4, -0.2) is 40.2 Å². The summed E-state index contributed by atoms with van der Waals surface area (Å²) < 4.78 is 0. The Balaban J connectivity index is 2.03. The molecule has 0 bridgehead atoms. The maximum Gasteiger partial charge on any atom is 0.311 e. The van der Waals surface area contributed by atoms with Gasteiger partial charge in [0.25, 0.3) is 0 Å². The van der Waals surface area contributed by atoms with E-state index in [0.717, 1.165) is 11.3 Å². The highest BCUT2D eigenvalue weighted by molar-refractivity contribution is 8.00. The van der Waals surface area contributed by atoms with Crippen LogP contribution in [0.25, 0.3) is 0 Å². The molecule has 1 aromatic carbocycles. The SMILES string of the molecule is CCC(Sc1ccccc1)C(=O)N1CCC(C)(C(=O)O)C1. The molecule has 2 atom stereocenters. The molecule has 1 aliphatic rings. The van der Waals surface area contributed by atoms with Gasteiger partial charge in [0.2, 0.25) is 5.91 Å². The number of rotatable bonds is 5. The minimum atomic E-state index is -0.818. The van der Waals surface area contributed by atoms with Crippen LogP contribution < -0.4 is 0 Å². The molecule has 1 amide bonds. The molecule has 0 aromatic heterocycles. The number of carboxylic acids is 1. The van der Waals surface area contributed by atoms with Crippen molar-refractivity contribution >= 4 is 23.6 Å². The molecule has 0 spiro atoms. The summed E-state index contributed by atoms with van der Waals surface area (Å²) in [5.74, 6) is -0.766. The Hall–Kier alpha value is -1.49. The van der Waals surface area contributed by atoms with Crippen LogP contribution in [0.3, 0.4) is 0 Å². The lowest BCUT2D eigenvalue weighted by molar-refractivity contribution is -0.147. The van der Waals surface area contributed by atoms with Crippen molar-refractivity contribution in [3.05, 3.63) is 30.3 Å². The Morgan fingerprint density at radius 3 is 2.57 bits per heavy atom. The Bertz CT molecular complexity index is 520. The molecule has 114 valence electrons. The van der Waals surface area contributed by atoms with Crippen LogP contribution in [0.4, 0.5) is 0 Å². The van der Waals surface area contributed by atoms with Crippen molar-refractivity contribution in [2.45, 2.75) is 36.8 Å². The zero-order valence-electron chi connectivity index (χ0n) is 12.4. The number of carbonyl (C=O) groups excluding carboxylic acids is 1. The normalized spacial score (nSPS) is 23.0. The summed E-state index contributed by atoms with van der Waals surface area (Å²) in [6.45, 7) is 4.55. The van der Waals surface area contributed by atoms with Crippen LogP contribution in [0.1, 0.15) is 26.7 Å². The number of nitrogens with zero attached hydrogens (tertiary/aromatic N) is 1. The topological polar surface area (TPSA) is 57.6 Å². The van der Waals surface area contributed by atoms with Crippen molar-refractivity contribution in [3.63, 3.8) is 0 Å². The molecule has 2 rings (SSSR count). The van der Waals surface area contributed by atoms with Gasteiger partial charge in [-0.1, -0.05) is 25.1 Å². The molecule has 21 heavy (non-hydrogen) atoms. The van der Waals surface area contributed by atoms with Crippen LogP contribution in [0.15, 0.2) is 35.2 Å². The maximum atomic E-state index is 12.6. The van der Waals surface area contributed by atoms with E-state index in [0.29, 0.717) is 19.5 Å². The molecule has 2 unspecified atom stereocenters. The van der Waals surface area contributed by atoms with Gasteiger partial charge in [-0.15, -0.1) is 11.8 Å². The van der Waals surface area contributed by atoms with Gasteiger partial charge in [0.1, 0.15) is 0 Å². The van der Waals surface area contributed by atoms with Crippen LogP contribution in [0.2, 0.25) is 0 Å². The third-order valence-corrected chi connectivity index (χ3v) is 5.33. The third kappa shape index (κ3) is 3.59. The van der Waals surface area contributed by atoms with E-state index in [1.165, 1.54) is 0 Å². The van der Waals surface area contributed by atoms with E-state index >= 15 is 0 Å². The fraction of sp³-hybridized carbons (Fsp3) is 0.500. The van der Waals surface area contributed by atoms with E-state index in [1.54, 1.807) is 23.6 Å². The monoisotopic (exact) mass is 307 g/mol. The third-order valence-electron chi connectivity index (χ3n) is 3.97. The maximum absolute atomic E-state index is 12.6. The van der Waals surface area contributed by atoms with Crippen molar-refractivity contribution in [2.24, 2.45) is 5.41 Å². The fourth-order valence-electron chi connectivity index (χ4n) is 2.50. The van der Waals surface area contributed by atoms with Gasteiger partial charge in [0, 0.05) is 18.0 Å². The minimum Gasteiger partial charge on any atom is -0.481 e. The summed E-state index contributed by atoms with van der Waals surface area (Å²) in [6.07, 6.45) is 1.26. The molecular formula is C16H21NO3S. The van der Waals surface area contributed by atoms with Gasteiger partial charge in [-0.3, -0.25) is 9.59 Å². The summed E-state index contributed by atoms with van der Waals surface area (Å²) in [5, 5.41) is 9.11. The fourth-order valence-corrected chi connectivity index (χ4v) is 3.56. The van der Waals surface area contributed by atoms with Gasteiger partial charge in [-0.2, -0.15) is 0 Å². The number of thioether (sulfide) groups is 1. The summed E-state index contributed by atoms with van der Waals surface area (Å²) in [7, 11) is 0. The predicted molar refractivity (Wildman–Crippen MR) is 83.3 cm³/mol. The molecular weight excluding hydrogens is 286 g/mol. The van der Waals surface area contributed by atoms with Crippen molar-refractivity contribution < 1.29 is 14.7 Å². The molecule has 5 heteroatoms. The van der Waals surface area contributed by atoms with Crippen molar-refractivity contribution in [2.75, 3.05) is 13.1 Å². The number of aliphatic carboxylic acids is 1. The minimum absolute atomic E-state index is 0.0522. The smallest absolute Gasteiger partial charge is 0.311 e. The first-order valence-electron chi connectivity index (χ1n) is 7.20. The number of benzene rings is 1. The number of hydrogen-bond acceptors (Lipinski definition) is 3. The quantitative estimate of drug-likeness (QED) is 0.850. The number of hydrogen-bond donors (Lipinski definition) is 1. The van der Waals surface area contributed by atoms with Crippen LogP contribution >= 0.6 is 11.8 Å². The average Bonchev–Trinajstić information content (AvgIpc) is 2.89. The Kier molecular flexibility index (Phi) is 4.93. The zero-order valence-corrected chi connectivity index (χ0v) is 13.2. The van der Waals surface area contributed by atoms with Gasteiger partial charge in [0.15, 0.2) is 0 Å². The van der Waals surface area contributed by atoms with E-state index in [9.17, 15) is 14.7 Å². The molecule has 1 N–H and O–H groups in total. The second-order valence-corrected chi connectivity index (χ2v) is 6.98. The summed E-state index contributed by atoms with van der Waals surface area (Å²) in [5.41, 5.74) is -0.800. The van der Waals surface area contributed by atoms with Gasteiger partial charge in [0.05, 0.1) is 10.7 Å². The molecule has 0 aliphatic carbocycles. The van der Waals surface area contributed by atoms with Gasteiger partial charge in [-0.25, -0.2) is 0 Å². The molecule has 1 aromatic rings. The van der Waals surface area contributed by atoms with Crippen molar-refractivity contribution in [1.29, 1.82) is 0 Å². The number of carboxylic acid groups (broad SMARTS) is 1. The lowest BCUT2D eigenvalue weighted by atomic mass is 9.90. The number of carbonyl (C=O) groups is 2. The largest absolute Gasteiger partial charge is 0.481 e. The van der Waals surface area contributed by atoms with Crippen LogP contribution in [-0.2, 0) is 9.59 Å². The second kappa shape index (κ2) is 6.52. The highest BCUT2D eigenvalue weighted by atomic mass is 32.2. The predicted octanol–water partition coefficient (Wildman–Crippen LogP) is 2.88. The van der Waals surface area contributed by atoms with Crippen molar-refractivity contribution in [3.8, 4) is 0 Å². The van der Waals surface area contributed by atoms with Crippen molar-refractivity contribution in [1.82, 2.24) is 4.90 Å². The molecule has 1 aliphatic heterocycles. The summed E-state index contributed by atoms with van der Waals surface area (Å²) in [6, 6.07) is 9.84. The first-order chi connectivity index (χ1) is 9.96. The summed E-state index contributed by atoms with van der Waals surface area (Å²) in [4.78, 5) is 26.7. The molecule has 1 saturated heterocycles. The molecule has 0 saturated carbocycles. The van der Waals surface area contributed by atoms with Crippen LogP contribution in [0.5, 0.6) is 0 Å². The number of likely N-dealkylation sites (tertiary alicyclic amines) is 1. The first-order valence-corrected chi connectivity index (χ1v) is 8.08. The lowest BCUT2D eigenvalue weighted by Crippen LogP contribution is -2.39. The lowest BCUT2D eigenvalue weighted by Gasteiger charge is -2.24. The standard InChI is InChI=1S/C16H21NO3S/c1-3-13(21-12-7-5-4-6-8-12)14(18)17-10-9-16(2,11-17)15(19)20/h4-8,13H,3,9-11H2,1-2H3,(H,19,20). The Morgan fingerprint density at radius 2 is 2.05 bits per heavy atom. The first kappa shape index (κ1) is 15.9. The zero-order chi connectivity index (χ0) is 15.5. The second-order valence-electron chi connectivity index (χ2n) is 5.70. The van der Waals surface area contributed by atoms with Gasteiger partial charge < -0.3 is 10.0 Å². The molecule has 1 fully saturated rings. The molecule has 1 heterocycles. The number of amides is 1. The van der Waals surface area contributed by atoms with Gasteiger partial charge in [-0.05, 0) is 31.9 Å². The average molecular weight is 307 g/mol. The Labute approximate surface area is 129 Å². The Morgan fingerprint density at radius 1 is 1.38 bits per heavy atom. The highest BCUT2D eigenvalue weighted by Gasteiger charge is 2.43. The van der Waals surface area contributed by atoms with E-state index in [-0.39, 0.29) is 11.2 Å².